The number of rotatable bonds is 4. The Labute approximate surface area is 158 Å². The van der Waals surface area contributed by atoms with Gasteiger partial charge in [-0.3, -0.25) is 9.59 Å². The molecule has 2 heterocycles. The van der Waals surface area contributed by atoms with Crippen molar-refractivity contribution in [3.63, 3.8) is 0 Å². The van der Waals surface area contributed by atoms with Gasteiger partial charge in [-0.05, 0) is 35.9 Å². The first kappa shape index (κ1) is 17.8. The third kappa shape index (κ3) is 3.48. The van der Waals surface area contributed by atoms with Crippen LogP contribution in [0.3, 0.4) is 0 Å². The summed E-state index contributed by atoms with van der Waals surface area (Å²) in [4.78, 5) is 24.4. The van der Waals surface area contributed by atoms with Crippen molar-refractivity contribution in [3.05, 3.63) is 71.5 Å². The number of hydrogen-bond acceptors (Lipinski definition) is 4. The van der Waals surface area contributed by atoms with E-state index in [1.54, 1.807) is 18.2 Å². The van der Waals surface area contributed by atoms with Crippen LogP contribution in [0.1, 0.15) is 23.7 Å². The van der Waals surface area contributed by atoms with Gasteiger partial charge in [-0.15, -0.1) is 0 Å². The van der Waals surface area contributed by atoms with E-state index in [9.17, 15) is 18.4 Å². The maximum atomic E-state index is 13.8. The summed E-state index contributed by atoms with van der Waals surface area (Å²) in [6.07, 6.45) is -0.0842. The van der Waals surface area contributed by atoms with E-state index in [4.69, 9.17) is 4.52 Å². The number of amides is 2. The second-order valence-electron chi connectivity index (χ2n) is 6.41. The van der Waals surface area contributed by atoms with Crippen LogP contribution in [0.15, 0.2) is 53.1 Å². The van der Waals surface area contributed by atoms with Crippen molar-refractivity contribution in [3.8, 4) is 11.3 Å². The summed E-state index contributed by atoms with van der Waals surface area (Å²) in [5.41, 5.74) is 1.44. The molecular weight excluding hydrogens is 368 g/mol. The third-order valence-electron chi connectivity index (χ3n) is 4.51. The van der Waals surface area contributed by atoms with Crippen molar-refractivity contribution in [2.75, 3.05) is 5.32 Å². The number of carbonyl (C=O) groups excluding carboxylic acids is 2. The zero-order valence-electron chi connectivity index (χ0n) is 14.5. The maximum Gasteiger partial charge on any atom is 0.228 e. The molecule has 2 aromatic carbocycles. The number of nitrogens with zero attached hydrogens (tertiary/aromatic N) is 1. The number of benzene rings is 2. The van der Waals surface area contributed by atoms with Gasteiger partial charge in [0, 0.05) is 23.7 Å². The molecule has 0 spiro atoms. The van der Waals surface area contributed by atoms with E-state index in [1.807, 2.05) is 0 Å². The number of halogens is 2. The third-order valence-corrected chi connectivity index (χ3v) is 4.51. The predicted octanol–water partition coefficient (Wildman–Crippen LogP) is 3.36. The molecule has 3 aromatic rings. The van der Waals surface area contributed by atoms with Gasteiger partial charge in [-0.2, -0.15) is 0 Å². The van der Waals surface area contributed by atoms with Crippen LogP contribution < -0.4 is 10.6 Å². The van der Waals surface area contributed by atoms with E-state index >= 15 is 0 Å². The SMILES string of the molecule is O=C1C[C@H](C(=O)NCc2cc(-c3ccccc3F)no2)c2cc(F)ccc2N1. The molecule has 1 aromatic heterocycles. The molecule has 142 valence electrons. The fourth-order valence-electron chi connectivity index (χ4n) is 3.16. The average Bonchev–Trinajstić information content (AvgIpc) is 3.15. The zero-order valence-corrected chi connectivity index (χ0v) is 14.5. The van der Waals surface area contributed by atoms with Gasteiger partial charge in [0.05, 0.1) is 12.5 Å². The van der Waals surface area contributed by atoms with E-state index in [0.717, 1.165) is 0 Å². The molecule has 2 N–H and O–H groups in total. The molecule has 0 fully saturated rings. The molecule has 6 nitrogen and oxygen atoms in total. The van der Waals surface area contributed by atoms with Gasteiger partial charge < -0.3 is 15.2 Å². The summed E-state index contributed by atoms with van der Waals surface area (Å²) in [5.74, 6) is -2.17. The number of nitrogens with one attached hydrogen (secondary N) is 2. The second kappa shape index (κ2) is 7.22. The molecule has 0 bridgehead atoms. The van der Waals surface area contributed by atoms with Gasteiger partial charge >= 0.3 is 0 Å². The lowest BCUT2D eigenvalue weighted by Crippen LogP contribution is -2.34. The van der Waals surface area contributed by atoms with E-state index < -0.39 is 23.5 Å². The molecule has 0 saturated carbocycles. The summed E-state index contributed by atoms with van der Waals surface area (Å²) >= 11 is 0. The summed E-state index contributed by atoms with van der Waals surface area (Å²) < 4.78 is 32.6. The summed E-state index contributed by atoms with van der Waals surface area (Å²) in [5, 5.41) is 9.10. The quantitative estimate of drug-likeness (QED) is 0.724. The highest BCUT2D eigenvalue weighted by Gasteiger charge is 2.31. The second-order valence-corrected chi connectivity index (χ2v) is 6.41. The van der Waals surface area contributed by atoms with Crippen molar-refractivity contribution in [1.82, 2.24) is 10.5 Å². The molecule has 0 saturated heterocycles. The molecule has 0 aliphatic carbocycles. The van der Waals surface area contributed by atoms with Crippen LogP contribution in [-0.2, 0) is 16.1 Å². The maximum absolute atomic E-state index is 13.8. The van der Waals surface area contributed by atoms with Crippen LogP contribution in [0.5, 0.6) is 0 Å². The van der Waals surface area contributed by atoms with E-state index in [0.29, 0.717) is 22.7 Å². The molecular formula is C20H15F2N3O3. The lowest BCUT2D eigenvalue weighted by atomic mass is 9.89. The fourth-order valence-corrected chi connectivity index (χ4v) is 3.16. The topological polar surface area (TPSA) is 84.2 Å². The number of anilines is 1. The Morgan fingerprint density at radius 2 is 2.04 bits per heavy atom. The van der Waals surface area contributed by atoms with Gasteiger partial charge in [0.15, 0.2) is 5.76 Å². The zero-order chi connectivity index (χ0) is 19.7. The number of fused-ring (bicyclic) bond motifs is 1. The Morgan fingerprint density at radius 1 is 1.21 bits per heavy atom. The molecule has 28 heavy (non-hydrogen) atoms. The van der Waals surface area contributed by atoms with Crippen LogP contribution in [0.25, 0.3) is 11.3 Å². The fraction of sp³-hybridized carbons (Fsp3) is 0.150. The minimum atomic E-state index is -0.812. The van der Waals surface area contributed by atoms with Crippen LogP contribution in [0.2, 0.25) is 0 Å². The van der Waals surface area contributed by atoms with Crippen molar-refractivity contribution in [2.45, 2.75) is 18.9 Å². The van der Waals surface area contributed by atoms with Crippen molar-refractivity contribution in [1.29, 1.82) is 0 Å². The largest absolute Gasteiger partial charge is 0.359 e. The Balaban J connectivity index is 1.48. The number of carbonyl (C=O) groups is 2. The smallest absolute Gasteiger partial charge is 0.228 e. The van der Waals surface area contributed by atoms with Gasteiger partial charge in [0.2, 0.25) is 11.8 Å². The lowest BCUT2D eigenvalue weighted by molar-refractivity contribution is -0.126. The number of aromatic nitrogens is 1. The molecule has 8 heteroatoms. The highest BCUT2D eigenvalue weighted by Crippen LogP contribution is 2.33. The Bertz CT molecular complexity index is 1060. The highest BCUT2D eigenvalue weighted by molar-refractivity contribution is 6.01. The van der Waals surface area contributed by atoms with Gasteiger partial charge in [-0.25, -0.2) is 8.78 Å². The Kier molecular flexibility index (Phi) is 4.60. The highest BCUT2D eigenvalue weighted by atomic mass is 19.1. The first-order chi connectivity index (χ1) is 13.5. The molecule has 2 amide bonds. The monoisotopic (exact) mass is 383 g/mol. The molecule has 0 radical (unpaired) electrons. The first-order valence-corrected chi connectivity index (χ1v) is 8.59. The average molecular weight is 383 g/mol. The number of hydrogen-bond donors (Lipinski definition) is 2. The Morgan fingerprint density at radius 3 is 2.86 bits per heavy atom. The van der Waals surface area contributed by atoms with Crippen molar-refractivity contribution >= 4 is 17.5 Å². The van der Waals surface area contributed by atoms with Crippen molar-refractivity contribution in [2.24, 2.45) is 0 Å². The van der Waals surface area contributed by atoms with Crippen LogP contribution in [0.4, 0.5) is 14.5 Å². The van der Waals surface area contributed by atoms with Gasteiger partial charge in [-0.1, -0.05) is 17.3 Å². The first-order valence-electron chi connectivity index (χ1n) is 8.59. The minimum absolute atomic E-state index is 0.00303. The van der Waals surface area contributed by atoms with Gasteiger partial charge in [0.1, 0.15) is 17.3 Å². The minimum Gasteiger partial charge on any atom is -0.359 e. The van der Waals surface area contributed by atoms with Crippen LogP contribution in [0, 0.1) is 11.6 Å². The normalized spacial score (nSPS) is 15.6. The van der Waals surface area contributed by atoms with E-state index in [2.05, 4.69) is 15.8 Å². The van der Waals surface area contributed by atoms with Crippen LogP contribution >= 0.6 is 0 Å². The standard InChI is InChI=1S/C20H15F2N3O3/c21-11-5-6-17-14(7-11)15(9-19(26)24-17)20(27)23-10-12-8-18(25-28-12)13-3-1-2-4-16(13)22/h1-8,15H,9-10H2,(H,23,27)(H,24,26)/t15-/m0/s1. The van der Waals surface area contributed by atoms with E-state index in [-0.39, 0.29) is 24.4 Å². The summed E-state index contributed by atoms with van der Waals surface area (Å²) in [6.45, 7) is 0.00303. The summed E-state index contributed by atoms with van der Waals surface area (Å²) in [7, 11) is 0. The molecule has 1 atom stereocenters. The predicted molar refractivity (Wildman–Crippen MR) is 96.1 cm³/mol. The van der Waals surface area contributed by atoms with E-state index in [1.165, 1.54) is 30.3 Å². The lowest BCUT2D eigenvalue weighted by Gasteiger charge is -2.24. The molecule has 1 aliphatic rings. The molecule has 1 aliphatic heterocycles. The summed E-state index contributed by atoms with van der Waals surface area (Å²) in [6, 6.07) is 11.6. The van der Waals surface area contributed by atoms with Crippen LogP contribution in [-0.4, -0.2) is 17.0 Å². The van der Waals surface area contributed by atoms with Crippen molar-refractivity contribution < 1.29 is 22.9 Å². The molecule has 0 unspecified atom stereocenters. The Hall–Kier alpha value is -3.55. The van der Waals surface area contributed by atoms with Gasteiger partial charge in [0.25, 0.3) is 0 Å². The molecule has 4 rings (SSSR count).